The van der Waals surface area contributed by atoms with E-state index in [0.29, 0.717) is 6.54 Å². The highest BCUT2D eigenvalue weighted by Gasteiger charge is 2.23. The second-order valence-electron chi connectivity index (χ2n) is 6.47. The van der Waals surface area contributed by atoms with Crippen LogP contribution in [0.25, 0.3) is 0 Å². The third kappa shape index (κ3) is 4.74. The monoisotopic (exact) mass is 358 g/mol. The molecule has 0 saturated carbocycles. The lowest BCUT2D eigenvalue weighted by Gasteiger charge is -2.33. The number of halogens is 1. The summed E-state index contributed by atoms with van der Waals surface area (Å²) in [6, 6.07) is 16.0. The summed E-state index contributed by atoms with van der Waals surface area (Å²) < 4.78 is 0. The number of quaternary nitrogens is 1. The lowest BCUT2D eigenvalue weighted by Crippen LogP contribution is -3.15. The Balaban J connectivity index is 1.50. The van der Waals surface area contributed by atoms with Gasteiger partial charge < -0.3 is 15.1 Å². The van der Waals surface area contributed by atoms with Gasteiger partial charge in [-0.25, -0.2) is 0 Å². The lowest BCUT2D eigenvalue weighted by molar-refractivity contribution is -0.892. The van der Waals surface area contributed by atoms with Crippen molar-refractivity contribution in [2.75, 3.05) is 42.9 Å². The molecule has 1 amide bonds. The Bertz CT molecular complexity index is 726. The first kappa shape index (κ1) is 17.8. The second-order valence-corrected chi connectivity index (χ2v) is 6.87. The maximum Gasteiger partial charge on any atom is 0.279 e. The molecule has 132 valence electrons. The molecular weight excluding hydrogens is 334 g/mol. The van der Waals surface area contributed by atoms with E-state index < -0.39 is 0 Å². The Morgan fingerprint density at radius 1 is 1.16 bits per heavy atom. The number of piperazine rings is 1. The highest BCUT2D eigenvalue weighted by molar-refractivity contribution is 6.33. The number of benzene rings is 2. The number of carbonyl (C=O) groups is 1. The maximum atomic E-state index is 12.3. The van der Waals surface area contributed by atoms with E-state index in [1.165, 1.54) is 10.5 Å². The van der Waals surface area contributed by atoms with Gasteiger partial charge in [-0.3, -0.25) is 4.79 Å². The van der Waals surface area contributed by atoms with Crippen LogP contribution in [-0.2, 0) is 11.2 Å². The van der Waals surface area contributed by atoms with Crippen LogP contribution in [0.2, 0.25) is 5.02 Å². The molecule has 1 saturated heterocycles. The molecule has 0 unspecified atom stereocenters. The van der Waals surface area contributed by atoms with Crippen LogP contribution in [-0.4, -0.2) is 38.6 Å². The van der Waals surface area contributed by atoms with E-state index in [-0.39, 0.29) is 5.91 Å². The van der Waals surface area contributed by atoms with E-state index in [1.54, 1.807) is 0 Å². The molecule has 0 aromatic heterocycles. The van der Waals surface area contributed by atoms with Gasteiger partial charge in [-0.1, -0.05) is 42.8 Å². The molecule has 4 nitrogen and oxygen atoms in total. The molecule has 2 aromatic carbocycles. The van der Waals surface area contributed by atoms with Crippen LogP contribution in [0.15, 0.2) is 48.5 Å². The lowest BCUT2D eigenvalue weighted by atomic mass is 10.1. The van der Waals surface area contributed by atoms with Gasteiger partial charge in [0.1, 0.15) is 0 Å². The van der Waals surface area contributed by atoms with Gasteiger partial charge in [0.15, 0.2) is 6.54 Å². The van der Waals surface area contributed by atoms with Crippen LogP contribution in [0.5, 0.6) is 0 Å². The predicted molar refractivity (Wildman–Crippen MR) is 104 cm³/mol. The molecule has 2 aromatic rings. The van der Waals surface area contributed by atoms with E-state index in [0.717, 1.165) is 49.0 Å². The molecule has 5 heteroatoms. The number of carbonyl (C=O) groups excluding carboxylic acids is 1. The molecule has 0 spiro atoms. The first-order valence-corrected chi connectivity index (χ1v) is 9.25. The molecular formula is C20H25ClN3O+. The summed E-state index contributed by atoms with van der Waals surface area (Å²) in [4.78, 5) is 15.9. The zero-order valence-electron chi connectivity index (χ0n) is 14.6. The fourth-order valence-corrected chi connectivity index (χ4v) is 3.51. The van der Waals surface area contributed by atoms with Crippen LogP contribution in [0.3, 0.4) is 0 Å². The van der Waals surface area contributed by atoms with Gasteiger partial charge in [0.05, 0.1) is 36.9 Å². The predicted octanol–water partition coefficient (Wildman–Crippen LogP) is 2.25. The van der Waals surface area contributed by atoms with Crippen molar-refractivity contribution in [1.82, 2.24) is 0 Å². The second kappa shape index (κ2) is 8.37. The number of hydrogen-bond acceptors (Lipinski definition) is 2. The normalized spacial score (nSPS) is 15.2. The standard InChI is InChI=1S/C20H24ClN3O/c1-2-16-6-5-7-17(14-16)22-20(25)15-23-10-12-24(13-11-23)19-9-4-3-8-18(19)21/h3-9,14H,2,10-13,15H2,1H3,(H,22,25)/p+1. The van der Waals surface area contributed by atoms with Gasteiger partial charge in [0, 0.05) is 5.69 Å². The third-order valence-corrected chi connectivity index (χ3v) is 5.01. The topological polar surface area (TPSA) is 36.8 Å². The molecule has 0 bridgehead atoms. The number of hydrogen-bond donors (Lipinski definition) is 2. The Morgan fingerprint density at radius 2 is 1.92 bits per heavy atom. The fourth-order valence-electron chi connectivity index (χ4n) is 3.25. The molecule has 1 aliphatic rings. The Morgan fingerprint density at radius 3 is 2.64 bits per heavy atom. The van der Waals surface area contributed by atoms with Crippen LogP contribution >= 0.6 is 11.6 Å². The van der Waals surface area contributed by atoms with Crippen LogP contribution in [0.1, 0.15) is 12.5 Å². The van der Waals surface area contributed by atoms with Crippen molar-refractivity contribution in [3.8, 4) is 0 Å². The van der Waals surface area contributed by atoms with Crippen molar-refractivity contribution in [3.05, 3.63) is 59.1 Å². The van der Waals surface area contributed by atoms with E-state index in [2.05, 4.69) is 29.3 Å². The minimum atomic E-state index is 0.0782. The van der Waals surface area contributed by atoms with Crippen LogP contribution in [0.4, 0.5) is 11.4 Å². The minimum absolute atomic E-state index is 0.0782. The van der Waals surface area contributed by atoms with Crippen LogP contribution < -0.4 is 15.1 Å². The van der Waals surface area contributed by atoms with Gasteiger partial charge >= 0.3 is 0 Å². The first-order chi connectivity index (χ1) is 12.2. The molecule has 1 fully saturated rings. The summed E-state index contributed by atoms with van der Waals surface area (Å²) in [5.41, 5.74) is 3.21. The molecule has 0 aliphatic carbocycles. The Hall–Kier alpha value is -2.04. The first-order valence-electron chi connectivity index (χ1n) is 8.87. The molecule has 1 heterocycles. The fraction of sp³-hybridized carbons (Fsp3) is 0.350. The quantitative estimate of drug-likeness (QED) is 0.860. The number of aryl methyl sites for hydroxylation is 1. The average Bonchev–Trinajstić information content (AvgIpc) is 2.63. The number of amides is 1. The molecule has 3 rings (SSSR count). The Kier molecular flexibility index (Phi) is 5.95. The van der Waals surface area contributed by atoms with Gasteiger partial charge in [-0.15, -0.1) is 0 Å². The minimum Gasteiger partial charge on any atom is -0.359 e. The summed E-state index contributed by atoms with van der Waals surface area (Å²) in [6.45, 7) is 6.33. The van der Waals surface area contributed by atoms with Gasteiger partial charge in [-0.2, -0.15) is 0 Å². The van der Waals surface area contributed by atoms with Crippen molar-refractivity contribution >= 4 is 28.9 Å². The van der Waals surface area contributed by atoms with Crippen molar-refractivity contribution in [1.29, 1.82) is 0 Å². The number of para-hydroxylation sites is 1. The summed E-state index contributed by atoms with van der Waals surface area (Å²) >= 11 is 6.28. The number of nitrogens with zero attached hydrogens (tertiary/aromatic N) is 1. The number of rotatable bonds is 5. The number of anilines is 2. The van der Waals surface area contributed by atoms with Gasteiger partial charge in [-0.05, 0) is 36.2 Å². The highest BCUT2D eigenvalue weighted by Crippen LogP contribution is 2.24. The van der Waals surface area contributed by atoms with E-state index in [9.17, 15) is 4.79 Å². The molecule has 1 aliphatic heterocycles. The summed E-state index contributed by atoms with van der Waals surface area (Å²) in [6.07, 6.45) is 0.971. The Labute approximate surface area is 154 Å². The zero-order valence-corrected chi connectivity index (χ0v) is 15.4. The average molecular weight is 359 g/mol. The summed E-state index contributed by atoms with van der Waals surface area (Å²) in [5, 5.41) is 3.81. The van der Waals surface area contributed by atoms with Crippen molar-refractivity contribution in [2.45, 2.75) is 13.3 Å². The number of nitrogens with one attached hydrogen (secondary N) is 2. The van der Waals surface area contributed by atoms with Crippen molar-refractivity contribution in [3.63, 3.8) is 0 Å². The van der Waals surface area contributed by atoms with Crippen molar-refractivity contribution in [2.24, 2.45) is 0 Å². The molecule has 2 N–H and O–H groups in total. The highest BCUT2D eigenvalue weighted by atomic mass is 35.5. The smallest absolute Gasteiger partial charge is 0.279 e. The molecule has 25 heavy (non-hydrogen) atoms. The third-order valence-electron chi connectivity index (χ3n) is 4.69. The van der Waals surface area contributed by atoms with E-state index in [1.807, 2.05) is 36.4 Å². The zero-order chi connectivity index (χ0) is 17.6. The molecule has 0 atom stereocenters. The van der Waals surface area contributed by atoms with Gasteiger partial charge in [0.2, 0.25) is 0 Å². The summed E-state index contributed by atoms with van der Waals surface area (Å²) in [7, 11) is 0. The van der Waals surface area contributed by atoms with Gasteiger partial charge in [0.25, 0.3) is 5.91 Å². The largest absolute Gasteiger partial charge is 0.359 e. The van der Waals surface area contributed by atoms with Crippen molar-refractivity contribution < 1.29 is 9.69 Å². The van der Waals surface area contributed by atoms with E-state index >= 15 is 0 Å². The van der Waals surface area contributed by atoms with E-state index in [4.69, 9.17) is 11.6 Å². The molecule has 0 radical (unpaired) electrons. The maximum absolute atomic E-state index is 12.3. The summed E-state index contributed by atoms with van der Waals surface area (Å²) in [5.74, 6) is 0.0782. The SMILES string of the molecule is CCc1cccc(NC(=O)C[NH+]2CCN(c3ccccc3Cl)CC2)c1. The van der Waals surface area contributed by atoms with Crippen LogP contribution in [0, 0.1) is 0 Å².